The first-order chi connectivity index (χ1) is 17.2. The third-order valence-corrected chi connectivity index (χ3v) is 6.40. The van der Waals surface area contributed by atoms with E-state index in [4.69, 9.17) is 4.74 Å². The minimum atomic E-state index is -4.69. The fourth-order valence-electron chi connectivity index (χ4n) is 3.54. The highest BCUT2D eigenvalue weighted by Gasteiger charge is 2.40. The molecule has 0 fully saturated rings. The van der Waals surface area contributed by atoms with Crippen LogP contribution in [0.2, 0.25) is 0 Å². The zero-order valence-electron chi connectivity index (χ0n) is 20.2. The zero-order chi connectivity index (χ0) is 28.1. The highest BCUT2D eigenvalue weighted by Crippen LogP contribution is 2.37. The minimum Gasteiger partial charge on any atom is -0.458 e. The number of nitrogens with one attached hydrogen (secondary N) is 1. The lowest BCUT2D eigenvalue weighted by atomic mass is 9.93. The molecule has 1 atom stereocenters. The van der Waals surface area contributed by atoms with E-state index in [1.165, 1.54) is 31.2 Å². The SMILES string of the molecule is C=C/C=C(\C=C(/C)C(F)(F)F)N1C(=O)N[C@@H](c2ccc(C#N)cc2S(C)(=O)=O)C(C(=O)OCC=C)=C1C. The van der Waals surface area contributed by atoms with Gasteiger partial charge < -0.3 is 10.1 Å². The van der Waals surface area contributed by atoms with Crippen LogP contribution in [0.15, 0.2) is 83.1 Å². The van der Waals surface area contributed by atoms with Crippen molar-refractivity contribution in [3.05, 3.63) is 89.3 Å². The van der Waals surface area contributed by atoms with Crippen LogP contribution in [0.1, 0.15) is 31.0 Å². The molecular weight excluding hydrogens is 511 g/mol. The highest BCUT2D eigenvalue weighted by atomic mass is 32.2. The number of ether oxygens (including phenoxy) is 1. The Morgan fingerprint density at radius 1 is 1.32 bits per heavy atom. The first kappa shape index (κ1) is 29.1. The van der Waals surface area contributed by atoms with Crippen LogP contribution in [0.25, 0.3) is 0 Å². The Kier molecular flexibility index (Phi) is 8.90. The van der Waals surface area contributed by atoms with E-state index in [1.54, 1.807) is 0 Å². The van der Waals surface area contributed by atoms with Crippen LogP contribution in [-0.4, -0.2) is 44.4 Å². The Bertz CT molecular complexity index is 1380. The van der Waals surface area contributed by atoms with E-state index in [1.807, 2.05) is 6.07 Å². The van der Waals surface area contributed by atoms with Crippen LogP contribution in [-0.2, 0) is 19.4 Å². The standard InChI is InChI=1S/C25H24F3N3O5S/c1-6-8-18(12-15(3)25(26,27)28)31-16(4)21(23(32)36-11-7-2)22(30-24(31)33)19-10-9-17(14-29)13-20(19)37(5,34)35/h6-10,12-13,22H,1-2,11H2,3-5H3,(H,30,33)/b15-12+,18-8+/t22-/m0/s1. The van der Waals surface area contributed by atoms with Crippen molar-refractivity contribution in [1.29, 1.82) is 5.26 Å². The summed E-state index contributed by atoms with van der Waals surface area (Å²) in [5, 5.41) is 11.7. The zero-order valence-corrected chi connectivity index (χ0v) is 21.0. The van der Waals surface area contributed by atoms with Gasteiger partial charge in [0.05, 0.1) is 33.8 Å². The summed E-state index contributed by atoms with van der Waals surface area (Å²) in [4.78, 5) is 26.9. The molecule has 1 aromatic rings. The summed E-state index contributed by atoms with van der Waals surface area (Å²) in [6.45, 7) is 8.82. The fourth-order valence-corrected chi connectivity index (χ4v) is 4.49. The normalized spacial score (nSPS) is 17.2. The monoisotopic (exact) mass is 535 g/mol. The van der Waals surface area contributed by atoms with E-state index in [9.17, 15) is 36.4 Å². The van der Waals surface area contributed by atoms with Crippen LogP contribution >= 0.6 is 0 Å². The fraction of sp³-hybridized carbons (Fsp3) is 0.240. The van der Waals surface area contributed by atoms with Gasteiger partial charge >= 0.3 is 18.2 Å². The van der Waals surface area contributed by atoms with Crippen LogP contribution in [0.4, 0.5) is 18.0 Å². The van der Waals surface area contributed by atoms with E-state index in [2.05, 4.69) is 18.5 Å². The summed E-state index contributed by atoms with van der Waals surface area (Å²) in [7, 11) is -3.95. The predicted octanol–water partition coefficient (Wildman–Crippen LogP) is 4.61. The van der Waals surface area contributed by atoms with Gasteiger partial charge in [-0.2, -0.15) is 18.4 Å². The summed E-state index contributed by atoms with van der Waals surface area (Å²) in [5.41, 5.74) is -1.62. The summed E-state index contributed by atoms with van der Waals surface area (Å²) in [6.07, 6.45) is 0.512. The molecule has 0 saturated carbocycles. The van der Waals surface area contributed by atoms with Crippen LogP contribution in [0.3, 0.4) is 0 Å². The maximum Gasteiger partial charge on any atom is 0.412 e. The first-order valence-electron chi connectivity index (χ1n) is 10.6. The molecule has 0 aromatic heterocycles. The molecule has 0 unspecified atom stereocenters. The van der Waals surface area contributed by atoms with Crippen molar-refractivity contribution in [1.82, 2.24) is 10.2 Å². The molecule has 12 heteroatoms. The van der Waals surface area contributed by atoms with Crippen molar-refractivity contribution in [3.8, 4) is 6.07 Å². The Morgan fingerprint density at radius 3 is 2.49 bits per heavy atom. The molecule has 0 bridgehead atoms. The molecule has 0 aliphatic carbocycles. The van der Waals surface area contributed by atoms with Gasteiger partial charge in [-0.1, -0.05) is 31.4 Å². The molecule has 1 aliphatic heterocycles. The van der Waals surface area contributed by atoms with Gasteiger partial charge in [0.25, 0.3) is 0 Å². The van der Waals surface area contributed by atoms with Gasteiger partial charge in [0.2, 0.25) is 0 Å². The second-order valence-electron chi connectivity index (χ2n) is 7.89. The first-order valence-corrected chi connectivity index (χ1v) is 12.5. The third kappa shape index (κ3) is 6.56. The second-order valence-corrected chi connectivity index (χ2v) is 9.88. The number of carbonyl (C=O) groups excluding carboxylic acids is 2. The average molecular weight is 536 g/mol. The van der Waals surface area contributed by atoms with Crippen molar-refractivity contribution in [2.75, 3.05) is 12.9 Å². The molecule has 8 nitrogen and oxygen atoms in total. The second kappa shape index (κ2) is 11.3. The van der Waals surface area contributed by atoms with Crippen molar-refractivity contribution in [3.63, 3.8) is 0 Å². The molecule has 0 spiro atoms. The van der Waals surface area contributed by atoms with Gasteiger partial charge in [0, 0.05) is 17.5 Å². The molecular formula is C25H24F3N3O5S. The minimum absolute atomic E-state index is 0.0217. The number of alkyl halides is 3. The average Bonchev–Trinajstić information content (AvgIpc) is 2.80. The highest BCUT2D eigenvalue weighted by molar-refractivity contribution is 7.90. The van der Waals surface area contributed by atoms with E-state index in [0.717, 1.165) is 30.2 Å². The lowest BCUT2D eigenvalue weighted by Gasteiger charge is -2.36. The number of nitriles is 1. The van der Waals surface area contributed by atoms with Crippen LogP contribution < -0.4 is 5.32 Å². The Hall–Kier alpha value is -4.11. The Labute approximate surface area is 212 Å². The topological polar surface area (TPSA) is 117 Å². The maximum absolute atomic E-state index is 13.2. The summed E-state index contributed by atoms with van der Waals surface area (Å²) in [5.74, 6) is -0.967. The lowest BCUT2D eigenvalue weighted by molar-refractivity contribution is -0.138. The third-order valence-electron chi connectivity index (χ3n) is 5.25. The van der Waals surface area contributed by atoms with Gasteiger partial charge in [-0.15, -0.1) is 0 Å². The predicted molar refractivity (Wildman–Crippen MR) is 129 cm³/mol. The molecule has 1 aromatic carbocycles. The summed E-state index contributed by atoms with van der Waals surface area (Å²) < 4.78 is 69.9. The molecule has 1 aliphatic rings. The van der Waals surface area contributed by atoms with Gasteiger partial charge in [-0.25, -0.2) is 18.0 Å². The number of esters is 1. The quantitative estimate of drug-likeness (QED) is 0.295. The summed E-state index contributed by atoms with van der Waals surface area (Å²) in [6, 6.07) is 3.21. The number of sulfone groups is 1. The number of allylic oxidation sites excluding steroid dienone is 5. The number of rotatable bonds is 8. The number of carbonyl (C=O) groups is 2. The molecule has 2 amide bonds. The number of amides is 2. The number of hydrogen-bond acceptors (Lipinski definition) is 6. The number of nitrogens with zero attached hydrogens (tertiary/aromatic N) is 2. The number of halogens is 3. The van der Waals surface area contributed by atoms with Gasteiger partial charge in [-0.05, 0) is 43.7 Å². The van der Waals surface area contributed by atoms with E-state index in [-0.39, 0.29) is 39.6 Å². The van der Waals surface area contributed by atoms with E-state index in [0.29, 0.717) is 6.08 Å². The van der Waals surface area contributed by atoms with E-state index >= 15 is 0 Å². The Balaban J connectivity index is 2.87. The lowest BCUT2D eigenvalue weighted by Crippen LogP contribution is -2.47. The van der Waals surface area contributed by atoms with Crippen molar-refractivity contribution in [2.24, 2.45) is 0 Å². The Morgan fingerprint density at radius 2 is 1.97 bits per heavy atom. The molecule has 196 valence electrons. The van der Waals surface area contributed by atoms with Gasteiger partial charge in [0.15, 0.2) is 9.84 Å². The van der Waals surface area contributed by atoms with Crippen molar-refractivity contribution < 1.29 is 35.9 Å². The maximum atomic E-state index is 13.2. The van der Waals surface area contributed by atoms with Crippen molar-refractivity contribution >= 4 is 21.8 Å². The van der Waals surface area contributed by atoms with Gasteiger partial charge in [-0.3, -0.25) is 4.90 Å². The number of benzene rings is 1. The van der Waals surface area contributed by atoms with Crippen molar-refractivity contribution in [2.45, 2.75) is 31.0 Å². The molecule has 1 N–H and O–H groups in total. The van der Waals surface area contributed by atoms with Crippen LogP contribution in [0, 0.1) is 11.3 Å². The molecule has 2 rings (SSSR count). The summed E-state index contributed by atoms with van der Waals surface area (Å²) >= 11 is 0. The molecule has 1 heterocycles. The molecule has 0 saturated heterocycles. The largest absolute Gasteiger partial charge is 0.458 e. The van der Waals surface area contributed by atoms with Gasteiger partial charge in [0.1, 0.15) is 6.61 Å². The van der Waals surface area contributed by atoms with E-state index < -0.39 is 39.6 Å². The number of urea groups is 1. The molecule has 37 heavy (non-hydrogen) atoms. The molecule has 0 radical (unpaired) electrons. The van der Waals surface area contributed by atoms with Crippen LogP contribution in [0.5, 0.6) is 0 Å². The smallest absolute Gasteiger partial charge is 0.412 e. The number of hydrogen-bond donors (Lipinski definition) is 1.